The lowest BCUT2D eigenvalue weighted by Gasteiger charge is -2.41. The van der Waals surface area contributed by atoms with E-state index in [1.165, 1.54) is 71.1 Å². The number of hydrogen-bond acceptors (Lipinski definition) is 2. The van der Waals surface area contributed by atoms with E-state index in [4.69, 9.17) is 0 Å². The van der Waals surface area contributed by atoms with Crippen molar-refractivity contribution in [1.29, 1.82) is 0 Å². The van der Waals surface area contributed by atoms with E-state index in [0.717, 1.165) is 12.0 Å². The van der Waals surface area contributed by atoms with Gasteiger partial charge in [0.25, 0.3) is 0 Å². The van der Waals surface area contributed by atoms with E-state index in [1.807, 2.05) is 0 Å². The van der Waals surface area contributed by atoms with Crippen LogP contribution in [-0.4, -0.2) is 37.1 Å². The Bertz CT molecular complexity index is 256. The second-order valence-corrected chi connectivity index (χ2v) is 7.01. The molecular weight excluding hydrogens is 232 g/mol. The summed E-state index contributed by atoms with van der Waals surface area (Å²) >= 11 is 0. The molecule has 1 heterocycles. The van der Waals surface area contributed by atoms with Gasteiger partial charge in [-0.1, -0.05) is 27.2 Å². The van der Waals surface area contributed by atoms with Crippen LogP contribution in [0.3, 0.4) is 0 Å². The molecule has 1 atom stereocenters. The lowest BCUT2D eigenvalue weighted by atomic mass is 9.80. The van der Waals surface area contributed by atoms with Crippen molar-refractivity contribution in [3.05, 3.63) is 0 Å². The fourth-order valence-corrected chi connectivity index (χ4v) is 3.53. The predicted octanol–water partition coefficient (Wildman–Crippen LogP) is 3.67. The highest BCUT2D eigenvalue weighted by Gasteiger charge is 2.32. The maximum Gasteiger partial charge on any atom is 0.00684 e. The average molecular weight is 266 g/mol. The molecule has 1 aliphatic heterocycles. The van der Waals surface area contributed by atoms with Gasteiger partial charge >= 0.3 is 0 Å². The first-order valence-corrected chi connectivity index (χ1v) is 8.67. The van der Waals surface area contributed by atoms with Crippen molar-refractivity contribution in [2.45, 2.75) is 71.8 Å². The summed E-state index contributed by atoms with van der Waals surface area (Å²) in [6, 6.07) is 0.849. The Labute approximate surface area is 120 Å². The fraction of sp³-hybridized carbons (Fsp3) is 1.00. The minimum Gasteiger partial charge on any atom is -0.313 e. The van der Waals surface area contributed by atoms with Gasteiger partial charge in [-0.3, -0.25) is 0 Å². The van der Waals surface area contributed by atoms with Crippen LogP contribution in [0, 0.1) is 11.3 Å². The van der Waals surface area contributed by atoms with Crippen LogP contribution >= 0.6 is 0 Å². The molecule has 2 heteroatoms. The molecule has 2 nitrogen and oxygen atoms in total. The lowest BCUT2D eigenvalue weighted by molar-refractivity contribution is 0.0925. The zero-order valence-corrected chi connectivity index (χ0v) is 13.4. The molecule has 0 amide bonds. The summed E-state index contributed by atoms with van der Waals surface area (Å²) in [7, 11) is 0. The van der Waals surface area contributed by atoms with Crippen LogP contribution in [0.4, 0.5) is 0 Å². The molecule has 1 saturated carbocycles. The Kier molecular flexibility index (Phi) is 5.70. The number of nitrogens with one attached hydrogen (secondary N) is 1. The summed E-state index contributed by atoms with van der Waals surface area (Å²) in [6.07, 6.45) is 9.68. The Morgan fingerprint density at radius 1 is 1.11 bits per heavy atom. The van der Waals surface area contributed by atoms with Crippen LogP contribution in [-0.2, 0) is 0 Å². The second-order valence-electron chi connectivity index (χ2n) is 7.01. The second kappa shape index (κ2) is 7.08. The van der Waals surface area contributed by atoms with Crippen molar-refractivity contribution >= 4 is 0 Å². The van der Waals surface area contributed by atoms with Crippen molar-refractivity contribution in [2.75, 3.05) is 26.2 Å². The maximum atomic E-state index is 3.79. The van der Waals surface area contributed by atoms with E-state index >= 15 is 0 Å². The predicted molar refractivity (Wildman–Crippen MR) is 83.5 cm³/mol. The molecule has 0 spiro atoms. The van der Waals surface area contributed by atoms with Crippen LogP contribution in [0.2, 0.25) is 0 Å². The van der Waals surface area contributed by atoms with E-state index in [-0.39, 0.29) is 0 Å². The van der Waals surface area contributed by atoms with Crippen molar-refractivity contribution in [2.24, 2.45) is 11.3 Å². The first-order valence-electron chi connectivity index (χ1n) is 8.67. The highest BCUT2D eigenvalue weighted by atomic mass is 15.1. The third kappa shape index (κ3) is 4.46. The first-order chi connectivity index (χ1) is 9.21. The van der Waals surface area contributed by atoms with Gasteiger partial charge in [-0.25, -0.2) is 0 Å². The molecule has 1 unspecified atom stereocenters. The van der Waals surface area contributed by atoms with E-state index < -0.39 is 0 Å². The monoisotopic (exact) mass is 266 g/mol. The third-order valence-corrected chi connectivity index (χ3v) is 5.58. The van der Waals surface area contributed by atoms with Gasteiger partial charge in [0.2, 0.25) is 0 Å². The SMILES string of the molecule is CCC1CCCN(CC(CC)(CC)CNC2CC2)C1. The van der Waals surface area contributed by atoms with Crippen LogP contribution in [0.25, 0.3) is 0 Å². The third-order valence-electron chi connectivity index (χ3n) is 5.58. The van der Waals surface area contributed by atoms with Gasteiger partial charge in [-0.15, -0.1) is 0 Å². The zero-order chi connectivity index (χ0) is 13.7. The Morgan fingerprint density at radius 3 is 2.42 bits per heavy atom. The average Bonchev–Trinajstić information content (AvgIpc) is 3.28. The summed E-state index contributed by atoms with van der Waals surface area (Å²) in [5.41, 5.74) is 0.512. The highest BCUT2D eigenvalue weighted by Crippen LogP contribution is 2.31. The van der Waals surface area contributed by atoms with Gasteiger partial charge in [0.15, 0.2) is 0 Å². The smallest absolute Gasteiger partial charge is 0.00684 e. The summed E-state index contributed by atoms with van der Waals surface area (Å²) in [5.74, 6) is 0.955. The van der Waals surface area contributed by atoms with Gasteiger partial charge < -0.3 is 10.2 Å². The molecule has 0 radical (unpaired) electrons. The van der Waals surface area contributed by atoms with Crippen molar-refractivity contribution in [3.8, 4) is 0 Å². The maximum absolute atomic E-state index is 3.79. The normalized spacial score (nSPS) is 25.7. The minimum atomic E-state index is 0.512. The van der Waals surface area contributed by atoms with Crippen LogP contribution < -0.4 is 5.32 Å². The molecule has 0 aromatic rings. The Balaban J connectivity index is 1.86. The van der Waals surface area contributed by atoms with Gasteiger partial charge in [0, 0.05) is 25.7 Å². The standard InChI is InChI=1S/C17H34N2/c1-4-15-8-7-11-19(12-15)14-17(5-2,6-3)13-18-16-9-10-16/h15-16,18H,4-14H2,1-3H3. The van der Waals surface area contributed by atoms with Gasteiger partial charge in [-0.05, 0) is 56.4 Å². The van der Waals surface area contributed by atoms with Crippen LogP contribution in [0.1, 0.15) is 65.7 Å². The molecule has 19 heavy (non-hydrogen) atoms. The van der Waals surface area contributed by atoms with Gasteiger partial charge in [-0.2, -0.15) is 0 Å². The van der Waals surface area contributed by atoms with Crippen molar-refractivity contribution in [1.82, 2.24) is 10.2 Å². The van der Waals surface area contributed by atoms with Gasteiger partial charge in [0.1, 0.15) is 0 Å². The van der Waals surface area contributed by atoms with E-state index in [1.54, 1.807) is 0 Å². The number of likely N-dealkylation sites (tertiary alicyclic amines) is 1. The van der Waals surface area contributed by atoms with E-state index in [0.29, 0.717) is 5.41 Å². The molecule has 2 rings (SSSR count). The number of piperidine rings is 1. The minimum absolute atomic E-state index is 0.512. The molecule has 2 aliphatic rings. The topological polar surface area (TPSA) is 15.3 Å². The fourth-order valence-electron chi connectivity index (χ4n) is 3.53. The summed E-state index contributed by atoms with van der Waals surface area (Å²) < 4.78 is 0. The number of rotatable bonds is 8. The van der Waals surface area contributed by atoms with Gasteiger partial charge in [0.05, 0.1) is 0 Å². The molecular formula is C17H34N2. The molecule has 1 N–H and O–H groups in total. The lowest BCUT2D eigenvalue weighted by Crippen LogP contribution is -2.47. The summed E-state index contributed by atoms with van der Waals surface area (Å²) in [5, 5.41) is 3.79. The Hall–Kier alpha value is -0.0800. The van der Waals surface area contributed by atoms with Crippen molar-refractivity contribution in [3.63, 3.8) is 0 Å². The quantitative estimate of drug-likeness (QED) is 0.721. The molecule has 112 valence electrons. The number of hydrogen-bond donors (Lipinski definition) is 1. The first kappa shape index (κ1) is 15.3. The molecule has 0 aromatic heterocycles. The van der Waals surface area contributed by atoms with Crippen LogP contribution in [0.5, 0.6) is 0 Å². The van der Waals surface area contributed by atoms with Crippen molar-refractivity contribution < 1.29 is 0 Å². The molecule has 0 aromatic carbocycles. The summed E-state index contributed by atoms with van der Waals surface area (Å²) in [6.45, 7) is 12.4. The summed E-state index contributed by atoms with van der Waals surface area (Å²) in [4.78, 5) is 2.76. The largest absolute Gasteiger partial charge is 0.313 e. The van der Waals surface area contributed by atoms with E-state index in [2.05, 4.69) is 31.0 Å². The number of nitrogens with zero attached hydrogens (tertiary/aromatic N) is 1. The Morgan fingerprint density at radius 2 is 1.84 bits per heavy atom. The highest BCUT2D eigenvalue weighted by molar-refractivity contribution is 4.89. The molecule has 2 fully saturated rings. The zero-order valence-electron chi connectivity index (χ0n) is 13.4. The molecule has 1 saturated heterocycles. The van der Waals surface area contributed by atoms with Crippen LogP contribution in [0.15, 0.2) is 0 Å². The molecule has 1 aliphatic carbocycles. The van der Waals surface area contributed by atoms with E-state index in [9.17, 15) is 0 Å². The molecule has 0 bridgehead atoms.